The van der Waals surface area contributed by atoms with Crippen LogP contribution in [0.3, 0.4) is 0 Å². The lowest BCUT2D eigenvalue weighted by molar-refractivity contribution is -0.122. The maximum atomic E-state index is 11.4. The molecule has 0 fully saturated rings. The maximum absolute atomic E-state index is 11.4. The van der Waals surface area contributed by atoms with Crippen LogP contribution in [-0.2, 0) is 9.59 Å². The summed E-state index contributed by atoms with van der Waals surface area (Å²) >= 11 is 1.13. The molecule has 0 aromatic carbocycles. The molecule has 1 N–H and O–H groups in total. The number of thioether (sulfide) groups is 1. The Morgan fingerprint density at radius 3 is 2.44 bits per heavy atom. The van der Waals surface area contributed by atoms with Gasteiger partial charge >= 0.3 is 0 Å². The molecule has 0 atom stereocenters. The standard InChI is InChI=1S/C12H19NO2S/c1-5-6-11(15)16-8-7-13-10(14)9-12(2,3)4/h7-9H2,1-4H3,(H,13,14). The van der Waals surface area contributed by atoms with Crippen LogP contribution < -0.4 is 5.32 Å². The molecule has 4 heteroatoms. The predicted octanol–water partition coefficient (Wildman–Crippen LogP) is 1.82. The van der Waals surface area contributed by atoms with Crippen molar-refractivity contribution in [1.82, 2.24) is 5.32 Å². The number of hydrogen-bond acceptors (Lipinski definition) is 3. The Morgan fingerprint density at radius 2 is 1.94 bits per heavy atom. The predicted molar refractivity (Wildman–Crippen MR) is 68.0 cm³/mol. The van der Waals surface area contributed by atoms with E-state index in [4.69, 9.17) is 0 Å². The largest absolute Gasteiger partial charge is 0.355 e. The van der Waals surface area contributed by atoms with Gasteiger partial charge in [0.2, 0.25) is 5.91 Å². The SMILES string of the molecule is CC#CC(=O)SCCNC(=O)CC(C)(C)C. The molecule has 0 unspecified atom stereocenters. The van der Waals surface area contributed by atoms with Crippen LogP contribution in [0.5, 0.6) is 0 Å². The molecular weight excluding hydrogens is 222 g/mol. The molecule has 0 heterocycles. The molecule has 1 amide bonds. The molecule has 0 aliphatic heterocycles. The number of amides is 1. The van der Waals surface area contributed by atoms with Gasteiger partial charge < -0.3 is 5.32 Å². The van der Waals surface area contributed by atoms with Gasteiger partial charge in [-0.3, -0.25) is 9.59 Å². The van der Waals surface area contributed by atoms with E-state index in [1.807, 2.05) is 20.8 Å². The lowest BCUT2D eigenvalue weighted by atomic mass is 9.92. The van der Waals surface area contributed by atoms with E-state index < -0.39 is 0 Å². The zero-order valence-corrected chi connectivity index (χ0v) is 11.2. The molecule has 16 heavy (non-hydrogen) atoms. The van der Waals surface area contributed by atoms with Crippen molar-refractivity contribution in [3.05, 3.63) is 0 Å². The Hall–Kier alpha value is -0.950. The Labute approximate surface area is 102 Å². The molecule has 3 nitrogen and oxygen atoms in total. The van der Waals surface area contributed by atoms with E-state index in [1.165, 1.54) is 0 Å². The third kappa shape index (κ3) is 9.60. The molecule has 90 valence electrons. The van der Waals surface area contributed by atoms with Crippen LogP contribution in [0.4, 0.5) is 0 Å². The van der Waals surface area contributed by atoms with Gasteiger partial charge in [0.05, 0.1) is 0 Å². The molecule has 0 aromatic heterocycles. The van der Waals surface area contributed by atoms with E-state index in [1.54, 1.807) is 6.92 Å². The minimum absolute atomic E-state index is 0.000726. The van der Waals surface area contributed by atoms with Gasteiger partial charge in [0.1, 0.15) is 0 Å². The van der Waals surface area contributed by atoms with Crippen molar-refractivity contribution < 1.29 is 9.59 Å². The highest BCUT2D eigenvalue weighted by atomic mass is 32.2. The summed E-state index contributed by atoms with van der Waals surface area (Å²) in [5.74, 6) is 5.58. The second kappa shape index (κ2) is 7.34. The Balaban J connectivity index is 3.62. The van der Waals surface area contributed by atoms with Crippen molar-refractivity contribution in [2.75, 3.05) is 12.3 Å². The molecule has 0 rings (SSSR count). The number of hydrogen-bond donors (Lipinski definition) is 1. The lowest BCUT2D eigenvalue weighted by Crippen LogP contribution is -2.29. The van der Waals surface area contributed by atoms with Crippen LogP contribution in [0.25, 0.3) is 0 Å². The minimum Gasteiger partial charge on any atom is -0.355 e. The molecular formula is C12H19NO2S. The first kappa shape index (κ1) is 15.0. The molecule has 0 saturated carbocycles. The number of carbonyl (C=O) groups is 2. The zero-order valence-electron chi connectivity index (χ0n) is 10.3. The summed E-state index contributed by atoms with van der Waals surface area (Å²) < 4.78 is 0. The van der Waals surface area contributed by atoms with Gasteiger partial charge in [-0.2, -0.15) is 0 Å². The van der Waals surface area contributed by atoms with Gasteiger partial charge in [0.25, 0.3) is 5.12 Å². The summed E-state index contributed by atoms with van der Waals surface area (Å²) in [6.07, 6.45) is 0.500. The smallest absolute Gasteiger partial charge is 0.262 e. The highest BCUT2D eigenvalue weighted by Gasteiger charge is 2.15. The highest BCUT2D eigenvalue weighted by molar-refractivity contribution is 8.14. The fourth-order valence-corrected chi connectivity index (χ4v) is 1.58. The van der Waals surface area contributed by atoms with E-state index in [0.29, 0.717) is 18.7 Å². The monoisotopic (exact) mass is 241 g/mol. The van der Waals surface area contributed by atoms with Crippen molar-refractivity contribution in [3.8, 4) is 11.8 Å². The van der Waals surface area contributed by atoms with Gasteiger partial charge in [-0.1, -0.05) is 38.5 Å². The van der Waals surface area contributed by atoms with Crippen molar-refractivity contribution in [3.63, 3.8) is 0 Å². The van der Waals surface area contributed by atoms with Gasteiger partial charge in [-0.15, -0.1) is 0 Å². The van der Waals surface area contributed by atoms with Crippen LogP contribution in [0, 0.1) is 17.3 Å². The van der Waals surface area contributed by atoms with Crippen molar-refractivity contribution >= 4 is 22.8 Å². The number of nitrogens with one attached hydrogen (secondary N) is 1. The van der Waals surface area contributed by atoms with Crippen LogP contribution in [0.2, 0.25) is 0 Å². The summed E-state index contributed by atoms with van der Waals surface area (Å²) in [6, 6.07) is 0. The number of carbonyl (C=O) groups excluding carboxylic acids is 2. The van der Waals surface area contributed by atoms with Gasteiger partial charge in [0.15, 0.2) is 0 Å². The summed E-state index contributed by atoms with van der Waals surface area (Å²) in [4.78, 5) is 22.4. The fourth-order valence-electron chi connectivity index (χ4n) is 1.02. The first-order chi connectivity index (χ1) is 7.35. The second-order valence-electron chi connectivity index (χ2n) is 4.60. The topological polar surface area (TPSA) is 46.2 Å². The molecule has 0 aliphatic rings. The second-order valence-corrected chi connectivity index (χ2v) is 5.67. The average molecular weight is 241 g/mol. The first-order valence-electron chi connectivity index (χ1n) is 5.21. The van der Waals surface area contributed by atoms with E-state index in [2.05, 4.69) is 17.2 Å². The third-order valence-corrected chi connectivity index (χ3v) is 2.35. The van der Waals surface area contributed by atoms with E-state index in [-0.39, 0.29) is 16.4 Å². The summed E-state index contributed by atoms with van der Waals surface area (Å²) in [7, 11) is 0. The molecule has 0 bridgehead atoms. The quantitative estimate of drug-likeness (QED) is 0.603. The summed E-state index contributed by atoms with van der Waals surface area (Å²) in [6.45, 7) is 8.19. The molecule has 0 aliphatic carbocycles. The highest BCUT2D eigenvalue weighted by Crippen LogP contribution is 2.17. The zero-order chi connectivity index (χ0) is 12.6. The fraction of sp³-hybridized carbons (Fsp3) is 0.667. The Morgan fingerprint density at radius 1 is 1.31 bits per heavy atom. The van der Waals surface area contributed by atoms with Gasteiger partial charge in [0, 0.05) is 18.7 Å². The van der Waals surface area contributed by atoms with E-state index in [0.717, 1.165) is 11.8 Å². The molecule has 0 radical (unpaired) electrons. The normalized spacial score (nSPS) is 10.2. The summed E-state index contributed by atoms with van der Waals surface area (Å²) in [5.41, 5.74) is 0.000726. The van der Waals surface area contributed by atoms with Crippen molar-refractivity contribution in [2.45, 2.75) is 34.1 Å². The van der Waals surface area contributed by atoms with Crippen molar-refractivity contribution in [2.24, 2.45) is 5.41 Å². The van der Waals surface area contributed by atoms with E-state index in [9.17, 15) is 9.59 Å². The maximum Gasteiger partial charge on any atom is 0.262 e. The van der Waals surface area contributed by atoms with Gasteiger partial charge in [-0.25, -0.2) is 0 Å². The number of rotatable bonds is 4. The van der Waals surface area contributed by atoms with Crippen LogP contribution in [0.1, 0.15) is 34.1 Å². The van der Waals surface area contributed by atoms with Crippen LogP contribution in [-0.4, -0.2) is 23.3 Å². The van der Waals surface area contributed by atoms with Gasteiger partial charge in [-0.05, 0) is 18.3 Å². The Kier molecular flexibility index (Phi) is 6.91. The Bertz CT molecular complexity index is 307. The minimum atomic E-state index is -0.146. The lowest BCUT2D eigenvalue weighted by Gasteiger charge is -2.16. The third-order valence-electron chi connectivity index (χ3n) is 1.58. The summed E-state index contributed by atoms with van der Waals surface area (Å²) in [5, 5.41) is 2.63. The molecule has 0 aromatic rings. The van der Waals surface area contributed by atoms with Crippen LogP contribution in [0.15, 0.2) is 0 Å². The van der Waals surface area contributed by atoms with Crippen LogP contribution >= 0.6 is 11.8 Å². The van der Waals surface area contributed by atoms with Crippen molar-refractivity contribution in [1.29, 1.82) is 0 Å². The average Bonchev–Trinajstić information content (AvgIpc) is 2.10. The molecule has 0 saturated heterocycles. The first-order valence-corrected chi connectivity index (χ1v) is 6.20. The molecule has 0 spiro atoms. The van der Waals surface area contributed by atoms with E-state index >= 15 is 0 Å².